The van der Waals surface area contributed by atoms with Crippen molar-refractivity contribution in [3.8, 4) is 0 Å². The Hall–Kier alpha value is -4.51. The maximum absolute atomic E-state index is 13.3. The van der Waals surface area contributed by atoms with Crippen LogP contribution < -0.4 is 16.0 Å². The molecule has 2 amide bonds. The van der Waals surface area contributed by atoms with Crippen LogP contribution in [-0.2, 0) is 14.4 Å². The van der Waals surface area contributed by atoms with E-state index in [1.165, 1.54) is 12.2 Å². The Bertz CT molecular complexity index is 1540. The van der Waals surface area contributed by atoms with Gasteiger partial charge in [0.05, 0.1) is 36.2 Å². The van der Waals surface area contributed by atoms with E-state index in [4.69, 9.17) is 9.57 Å². The van der Waals surface area contributed by atoms with E-state index >= 15 is 0 Å². The van der Waals surface area contributed by atoms with Crippen LogP contribution in [0.25, 0.3) is 11.3 Å². The second-order valence-electron chi connectivity index (χ2n) is 10.8. The lowest BCUT2D eigenvalue weighted by Crippen LogP contribution is -2.50. The van der Waals surface area contributed by atoms with Crippen LogP contribution >= 0.6 is 0 Å². The van der Waals surface area contributed by atoms with E-state index in [-0.39, 0.29) is 11.8 Å². The van der Waals surface area contributed by atoms with E-state index in [1.54, 1.807) is 37.4 Å². The number of hydrogen-bond donors (Lipinski definition) is 3. The van der Waals surface area contributed by atoms with Crippen LogP contribution in [0.3, 0.4) is 0 Å². The van der Waals surface area contributed by atoms with E-state index in [0.717, 1.165) is 31.7 Å². The van der Waals surface area contributed by atoms with Crippen LogP contribution in [0.5, 0.6) is 0 Å². The number of methoxy groups -OCH3 is 1. The number of carbonyl (C=O) groups is 3. The molecule has 0 saturated carbocycles. The molecule has 0 spiro atoms. The zero-order valence-corrected chi connectivity index (χ0v) is 24.9. The number of hydroxylamine groups is 2. The van der Waals surface area contributed by atoms with E-state index in [9.17, 15) is 14.4 Å². The summed E-state index contributed by atoms with van der Waals surface area (Å²) in [7, 11) is 2.95. The Balaban J connectivity index is 1.35. The molecule has 3 N–H and O–H groups in total. The summed E-state index contributed by atoms with van der Waals surface area (Å²) < 4.78 is 4.90. The molecule has 1 atom stereocenters. The number of esters is 1. The molecule has 3 aromatic rings. The quantitative estimate of drug-likeness (QED) is 0.197. The van der Waals surface area contributed by atoms with Gasteiger partial charge in [0.1, 0.15) is 0 Å². The molecule has 2 aliphatic rings. The summed E-state index contributed by atoms with van der Waals surface area (Å²) in [5, 5.41) is 11.0. The molecule has 0 aliphatic carbocycles. The summed E-state index contributed by atoms with van der Waals surface area (Å²) in [6, 6.07) is 20.5. The summed E-state index contributed by atoms with van der Waals surface area (Å²) in [5.41, 5.74) is 5.35. The van der Waals surface area contributed by atoms with Gasteiger partial charge < -0.3 is 20.7 Å². The van der Waals surface area contributed by atoms with Crippen LogP contribution in [0.15, 0.2) is 66.7 Å². The van der Waals surface area contributed by atoms with Gasteiger partial charge in [0, 0.05) is 56.1 Å². The van der Waals surface area contributed by atoms with E-state index < -0.39 is 5.97 Å². The van der Waals surface area contributed by atoms with Gasteiger partial charge in [-0.25, -0.2) is 9.86 Å². The second-order valence-corrected chi connectivity index (χ2v) is 10.8. The monoisotopic (exact) mass is 583 g/mol. The molecule has 2 aliphatic heterocycles. The number of rotatable bonds is 9. The highest BCUT2D eigenvalue weighted by Gasteiger charge is 2.30. The van der Waals surface area contributed by atoms with Crippen molar-refractivity contribution in [3.05, 3.63) is 94.5 Å². The number of anilines is 2. The first kappa shape index (κ1) is 30.0. The molecule has 3 aromatic carbocycles. The van der Waals surface area contributed by atoms with Crippen LogP contribution in [0, 0.1) is 6.92 Å². The lowest BCUT2D eigenvalue weighted by atomic mass is 9.96. The molecule has 0 bridgehead atoms. The lowest BCUT2D eigenvalue weighted by molar-refractivity contribution is -0.110. The van der Waals surface area contributed by atoms with Gasteiger partial charge in [-0.1, -0.05) is 30.3 Å². The van der Waals surface area contributed by atoms with E-state index in [0.29, 0.717) is 57.5 Å². The van der Waals surface area contributed by atoms with Crippen molar-refractivity contribution in [2.24, 2.45) is 0 Å². The number of nitrogens with one attached hydrogen (secondary N) is 3. The minimum atomic E-state index is -0.465. The summed E-state index contributed by atoms with van der Waals surface area (Å²) >= 11 is 0. The molecule has 5 rings (SSSR count). The second kappa shape index (κ2) is 13.2. The molecule has 10 heteroatoms. The molecule has 224 valence electrons. The molecule has 1 fully saturated rings. The van der Waals surface area contributed by atoms with Gasteiger partial charge in [-0.05, 0) is 61.4 Å². The van der Waals surface area contributed by atoms with Crippen LogP contribution in [0.2, 0.25) is 0 Å². The highest BCUT2D eigenvalue weighted by Crippen LogP contribution is 2.39. The van der Waals surface area contributed by atoms with Gasteiger partial charge in [-0.3, -0.25) is 19.3 Å². The first-order chi connectivity index (χ1) is 20.7. The zero-order valence-electron chi connectivity index (χ0n) is 24.9. The Kier molecular flexibility index (Phi) is 9.20. The highest BCUT2D eigenvalue weighted by molar-refractivity contribution is 6.37. The number of fused-ring (bicyclic) bond motifs is 1. The molecule has 10 nitrogen and oxygen atoms in total. The number of carbonyl (C=O) groups excluding carboxylic acids is 3. The van der Waals surface area contributed by atoms with Crippen molar-refractivity contribution in [1.29, 1.82) is 0 Å². The Morgan fingerprint density at radius 1 is 1.07 bits per heavy atom. The van der Waals surface area contributed by atoms with Crippen molar-refractivity contribution in [1.82, 2.24) is 15.3 Å². The third-order valence-corrected chi connectivity index (χ3v) is 7.66. The summed E-state index contributed by atoms with van der Waals surface area (Å²) in [4.78, 5) is 46.6. The van der Waals surface area contributed by atoms with E-state index in [1.807, 2.05) is 43.3 Å². The van der Waals surface area contributed by atoms with Gasteiger partial charge in [0.15, 0.2) is 0 Å². The normalized spacial score (nSPS) is 17.6. The molecule has 0 radical (unpaired) electrons. The Morgan fingerprint density at radius 2 is 1.81 bits per heavy atom. The molecular weight excluding hydrogens is 546 g/mol. The van der Waals surface area contributed by atoms with Gasteiger partial charge >= 0.3 is 5.97 Å². The average molecular weight is 584 g/mol. The minimum absolute atomic E-state index is 0.247. The predicted molar refractivity (Wildman–Crippen MR) is 166 cm³/mol. The fourth-order valence-corrected chi connectivity index (χ4v) is 5.39. The number of nitrogens with zero attached hydrogens (tertiary/aromatic N) is 2. The summed E-state index contributed by atoms with van der Waals surface area (Å²) in [6.07, 6.45) is 0. The smallest absolute Gasteiger partial charge is 0.338 e. The summed E-state index contributed by atoms with van der Waals surface area (Å²) in [5.74, 6) is -1.00. The number of amides is 2. The van der Waals surface area contributed by atoms with Gasteiger partial charge in [-0.15, -0.1) is 0 Å². The lowest BCUT2D eigenvalue weighted by Gasteiger charge is -2.31. The fraction of sp³-hybridized carbons (Fsp3) is 0.303. The Morgan fingerprint density at radius 3 is 2.51 bits per heavy atom. The summed E-state index contributed by atoms with van der Waals surface area (Å²) in [6.45, 7) is 8.01. The van der Waals surface area contributed by atoms with Crippen LogP contribution in [0.1, 0.15) is 44.3 Å². The molecule has 2 heterocycles. The molecule has 0 aromatic heterocycles. The third-order valence-electron chi connectivity index (χ3n) is 7.66. The average Bonchev–Trinajstić information content (AvgIpc) is 3.33. The molecule has 1 saturated heterocycles. The minimum Gasteiger partial charge on any atom is -0.465 e. The van der Waals surface area contributed by atoms with Crippen molar-refractivity contribution in [2.75, 3.05) is 57.6 Å². The molecule has 0 unspecified atom stereocenters. The predicted octanol–water partition coefficient (Wildman–Crippen LogP) is 4.01. The highest BCUT2D eigenvalue weighted by atomic mass is 16.7. The van der Waals surface area contributed by atoms with Crippen LogP contribution in [-0.4, -0.2) is 80.7 Å². The molecule has 43 heavy (non-hydrogen) atoms. The first-order valence-corrected chi connectivity index (χ1v) is 14.3. The molecular formula is C33H37N5O5. The topological polar surface area (TPSA) is 112 Å². The van der Waals surface area contributed by atoms with Crippen molar-refractivity contribution in [2.45, 2.75) is 19.9 Å². The standard InChI is InChI=1S/C33H37N5O5/c1-21-18-27-28(19-26(21)33(41)42-4)36-31(39)29(27)30(23-8-6-5-7-9-23)35-25-12-10-24(11-13-25)32(40)37(3)43-17-16-38-15-14-34-22(2)20-38/h5-13,18-19,22,34-35H,14-17,20H2,1-4H3,(H,36,39)/b30-29-/t22-/m0/s1. The van der Waals surface area contributed by atoms with Crippen molar-refractivity contribution >= 4 is 40.4 Å². The fourth-order valence-electron chi connectivity index (χ4n) is 5.39. The van der Waals surface area contributed by atoms with Crippen LogP contribution in [0.4, 0.5) is 11.4 Å². The zero-order chi connectivity index (χ0) is 30.5. The number of hydrogen-bond acceptors (Lipinski definition) is 8. The van der Waals surface area contributed by atoms with Gasteiger partial charge in [-0.2, -0.15) is 0 Å². The van der Waals surface area contributed by atoms with Crippen molar-refractivity contribution in [3.63, 3.8) is 0 Å². The first-order valence-electron chi connectivity index (χ1n) is 14.3. The number of aryl methyl sites for hydroxylation is 1. The maximum Gasteiger partial charge on any atom is 0.338 e. The van der Waals surface area contributed by atoms with Crippen molar-refractivity contribution < 1.29 is 24.0 Å². The van der Waals surface area contributed by atoms with Gasteiger partial charge in [0.25, 0.3) is 11.8 Å². The number of benzene rings is 3. The SMILES string of the molecule is COC(=O)c1cc2c(cc1C)/C(=C(/Nc1ccc(C(=O)N(C)OCCN3CCN[C@@H](C)C3)cc1)c1ccccc1)C(=O)N2. The largest absolute Gasteiger partial charge is 0.465 e. The third kappa shape index (κ3) is 6.77. The number of piperazine rings is 1. The number of ether oxygens (including phenoxy) is 1. The Labute approximate surface area is 251 Å². The van der Waals surface area contributed by atoms with Gasteiger partial charge in [0.2, 0.25) is 0 Å². The van der Waals surface area contributed by atoms with E-state index in [2.05, 4.69) is 27.8 Å². The maximum atomic E-state index is 13.3.